The van der Waals surface area contributed by atoms with Crippen LogP contribution in [0.4, 0.5) is 0 Å². The molecule has 1 N–H and O–H groups in total. The molecule has 9 heteroatoms. The Labute approximate surface area is 200 Å². The van der Waals surface area contributed by atoms with Crippen LogP contribution in [0, 0.1) is 0 Å². The normalized spacial score (nSPS) is 11.3. The molecule has 3 aromatic rings. The van der Waals surface area contributed by atoms with Gasteiger partial charge in [-0.05, 0) is 42.0 Å². The van der Waals surface area contributed by atoms with Crippen LogP contribution in [0.5, 0.6) is 11.5 Å². The molecule has 0 unspecified atom stereocenters. The van der Waals surface area contributed by atoms with Crippen LogP contribution in [-0.2, 0) is 23.2 Å². The van der Waals surface area contributed by atoms with Gasteiger partial charge in [-0.3, -0.25) is 9.78 Å². The minimum atomic E-state index is -3.70. The molecule has 0 atom stereocenters. The molecule has 0 aliphatic rings. The summed E-state index contributed by atoms with van der Waals surface area (Å²) in [4.78, 5) is 17.0. The molecular formula is C25H29N3O5S. The van der Waals surface area contributed by atoms with Crippen molar-refractivity contribution in [2.45, 2.75) is 31.9 Å². The number of aromatic nitrogens is 1. The standard InChI is InChI=1S/C25H29N3O5S/c1-4-28(5-2)34(30,31)22-12-13-24(32-3)23(15-22)25(29)27-17-19-8-10-21(11-9-19)33-18-20-7-6-14-26-16-20/h6-16H,4-5,17-18H2,1-3H3,(H,27,29). The molecule has 1 amide bonds. The quantitative estimate of drug-likeness (QED) is 0.447. The minimum Gasteiger partial charge on any atom is -0.496 e. The van der Waals surface area contributed by atoms with Crippen molar-refractivity contribution in [3.8, 4) is 11.5 Å². The second-order valence-electron chi connectivity index (χ2n) is 7.43. The van der Waals surface area contributed by atoms with Crippen LogP contribution in [0.3, 0.4) is 0 Å². The summed E-state index contributed by atoms with van der Waals surface area (Å²) in [6.45, 7) is 4.90. The fraction of sp³-hybridized carbons (Fsp3) is 0.280. The number of hydrogen-bond donors (Lipinski definition) is 1. The SMILES string of the molecule is CCN(CC)S(=O)(=O)c1ccc(OC)c(C(=O)NCc2ccc(OCc3cccnc3)cc2)c1. The first-order valence-electron chi connectivity index (χ1n) is 11.0. The second-order valence-corrected chi connectivity index (χ2v) is 9.37. The maximum Gasteiger partial charge on any atom is 0.255 e. The first kappa shape index (κ1) is 25.2. The highest BCUT2D eigenvalue weighted by Crippen LogP contribution is 2.25. The monoisotopic (exact) mass is 483 g/mol. The number of methoxy groups -OCH3 is 1. The Morgan fingerprint density at radius 2 is 1.76 bits per heavy atom. The van der Waals surface area contributed by atoms with E-state index in [1.54, 1.807) is 26.2 Å². The third kappa shape index (κ3) is 6.12. The van der Waals surface area contributed by atoms with Crippen molar-refractivity contribution in [3.63, 3.8) is 0 Å². The summed E-state index contributed by atoms with van der Waals surface area (Å²) in [5.41, 5.74) is 2.00. The molecule has 180 valence electrons. The van der Waals surface area contributed by atoms with Crippen LogP contribution in [0.1, 0.15) is 35.3 Å². The van der Waals surface area contributed by atoms with E-state index in [9.17, 15) is 13.2 Å². The number of nitrogens with one attached hydrogen (secondary N) is 1. The Morgan fingerprint density at radius 1 is 1.03 bits per heavy atom. The van der Waals surface area contributed by atoms with Gasteiger partial charge in [-0.1, -0.05) is 32.0 Å². The summed E-state index contributed by atoms with van der Waals surface area (Å²) in [7, 11) is -2.26. The van der Waals surface area contributed by atoms with Gasteiger partial charge < -0.3 is 14.8 Å². The lowest BCUT2D eigenvalue weighted by Crippen LogP contribution is -2.31. The van der Waals surface area contributed by atoms with Crippen molar-refractivity contribution in [1.82, 2.24) is 14.6 Å². The van der Waals surface area contributed by atoms with E-state index < -0.39 is 15.9 Å². The van der Waals surface area contributed by atoms with Gasteiger partial charge in [0.2, 0.25) is 10.0 Å². The largest absolute Gasteiger partial charge is 0.496 e. The highest BCUT2D eigenvalue weighted by atomic mass is 32.2. The number of pyridine rings is 1. The van der Waals surface area contributed by atoms with Crippen molar-refractivity contribution in [2.75, 3.05) is 20.2 Å². The third-order valence-corrected chi connectivity index (χ3v) is 7.31. The smallest absolute Gasteiger partial charge is 0.255 e. The zero-order valence-electron chi connectivity index (χ0n) is 19.5. The van der Waals surface area contributed by atoms with Crippen LogP contribution >= 0.6 is 0 Å². The molecule has 0 spiro atoms. The Bertz CT molecular complexity index is 1190. The molecule has 1 heterocycles. The molecule has 0 fully saturated rings. The predicted molar refractivity (Wildman–Crippen MR) is 129 cm³/mol. The van der Waals surface area contributed by atoms with Crippen molar-refractivity contribution in [2.24, 2.45) is 0 Å². The number of sulfonamides is 1. The van der Waals surface area contributed by atoms with E-state index in [1.807, 2.05) is 36.4 Å². The molecule has 3 rings (SSSR count). The number of hydrogen-bond acceptors (Lipinski definition) is 6. The molecule has 2 aromatic carbocycles. The number of amides is 1. The van der Waals surface area contributed by atoms with Gasteiger partial charge in [0.1, 0.15) is 18.1 Å². The molecule has 0 radical (unpaired) electrons. The average molecular weight is 484 g/mol. The zero-order valence-corrected chi connectivity index (χ0v) is 20.3. The predicted octanol–water partition coefficient (Wildman–Crippen LogP) is 3.63. The van der Waals surface area contributed by atoms with Crippen molar-refractivity contribution < 1.29 is 22.7 Å². The molecule has 0 saturated carbocycles. The number of rotatable bonds is 11. The van der Waals surface area contributed by atoms with Gasteiger partial charge in [-0.2, -0.15) is 4.31 Å². The van der Waals surface area contributed by atoms with Crippen LogP contribution in [0.15, 0.2) is 71.9 Å². The van der Waals surface area contributed by atoms with E-state index in [1.165, 1.54) is 29.6 Å². The summed E-state index contributed by atoms with van der Waals surface area (Å²) in [6.07, 6.45) is 3.46. The van der Waals surface area contributed by atoms with Gasteiger partial charge >= 0.3 is 0 Å². The summed E-state index contributed by atoms with van der Waals surface area (Å²) in [5.74, 6) is 0.579. The summed E-state index contributed by atoms with van der Waals surface area (Å²) in [6, 6.07) is 15.5. The van der Waals surface area contributed by atoms with Crippen molar-refractivity contribution in [1.29, 1.82) is 0 Å². The first-order chi connectivity index (χ1) is 16.4. The lowest BCUT2D eigenvalue weighted by Gasteiger charge is -2.19. The van der Waals surface area contributed by atoms with Gasteiger partial charge in [-0.25, -0.2) is 8.42 Å². The lowest BCUT2D eigenvalue weighted by atomic mass is 10.1. The molecule has 0 saturated heterocycles. The second kappa shape index (κ2) is 11.6. The molecule has 0 aliphatic carbocycles. The molecule has 34 heavy (non-hydrogen) atoms. The van der Waals surface area contributed by atoms with Gasteiger partial charge in [0, 0.05) is 37.6 Å². The molecule has 0 bridgehead atoms. The van der Waals surface area contributed by atoms with Crippen LogP contribution < -0.4 is 14.8 Å². The Hall–Kier alpha value is -3.43. The Balaban J connectivity index is 1.67. The number of nitrogens with zero attached hydrogens (tertiary/aromatic N) is 2. The molecular weight excluding hydrogens is 454 g/mol. The van der Waals surface area contributed by atoms with E-state index in [0.717, 1.165) is 11.1 Å². The van der Waals surface area contributed by atoms with E-state index in [0.29, 0.717) is 31.2 Å². The van der Waals surface area contributed by atoms with E-state index in [2.05, 4.69) is 10.3 Å². The number of benzene rings is 2. The lowest BCUT2D eigenvalue weighted by molar-refractivity contribution is 0.0947. The number of ether oxygens (including phenoxy) is 2. The molecule has 0 aliphatic heterocycles. The van der Waals surface area contributed by atoms with Gasteiger partial charge in [0.25, 0.3) is 5.91 Å². The first-order valence-corrected chi connectivity index (χ1v) is 12.4. The van der Waals surface area contributed by atoms with E-state index >= 15 is 0 Å². The van der Waals surface area contributed by atoms with Gasteiger partial charge in [-0.15, -0.1) is 0 Å². The topological polar surface area (TPSA) is 97.8 Å². The van der Waals surface area contributed by atoms with E-state index in [4.69, 9.17) is 9.47 Å². The average Bonchev–Trinajstić information content (AvgIpc) is 2.87. The maximum absolute atomic E-state index is 12.9. The summed E-state index contributed by atoms with van der Waals surface area (Å²) < 4.78 is 38.1. The molecule has 8 nitrogen and oxygen atoms in total. The fourth-order valence-corrected chi connectivity index (χ4v) is 4.85. The van der Waals surface area contributed by atoms with Crippen LogP contribution in [0.25, 0.3) is 0 Å². The number of carbonyl (C=O) groups excluding carboxylic acids is 1. The third-order valence-electron chi connectivity index (χ3n) is 5.26. The maximum atomic E-state index is 12.9. The highest BCUT2D eigenvalue weighted by Gasteiger charge is 2.24. The molecule has 1 aromatic heterocycles. The van der Waals surface area contributed by atoms with Gasteiger partial charge in [0.15, 0.2) is 0 Å². The highest BCUT2D eigenvalue weighted by molar-refractivity contribution is 7.89. The Morgan fingerprint density at radius 3 is 2.38 bits per heavy atom. The van der Waals surface area contributed by atoms with Gasteiger partial charge in [0.05, 0.1) is 17.6 Å². The number of carbonyl (C=O) groups is 1. The zero-order chi connectivity index (χ0) is 24.6. The Kier molecular flexibility index (Phi) is 8.61. The fourth-order valence-electron chi connectivity index (χ4n) is 3.37. The van der Waals surface area contributed by atoms with E-state index in [-0.39, 0.29) is 17.0 Å². The minimum absolute atomic E-state index is 0.0530. The van der Waals surface area contributed by atoms with Crippen molar-refractivity contribution >= 4 is 15.9 Å². The van der Waals surface area contributed by atoms with Crippen LogP contribution in [0.2, 0.25) is 0 Å². The summed E-state index contributed by atoms with van der Waals surface area (Å²) in [5, 5.41) is 2.83. The summed E-state index contributed by atoms with van der Waals surface area (Å²) >= 11 is 0. The van der Waals surface area contributed by atoms with Crippen LogP contribution in [-0.4, -0.2) is 43.8 Å². The van der Waals surface area contributed by atoms with Crippen molar-refractivity contribution in [3.05, 3.63) is 83.7 Å².